The molecule has 0 spiro atoms. The van der Waals surface area contributed by atoms with Gasteiger partial charge in [-0.1, -0.05) is 13.3 Å². The number of guanidine groups is 1. The maximum atomic E-state index is 12.3. The molecule has 1 amide bonds. The number of nitrogens with zero attached hydrogens (tertiary/aromatic N) is 2. The van der Waals surface area contributed by atoms with E-state index in [0.717, 1.165) is 63.9 Å². The maximum Gasteiger partial charge on any atom is 0.223 e. The minimum Gasteiger partial charge on any atom is -0.356 e. The van der Waals surface area contributed by atoms with Crippen molar-refractivity contribution in [1.29, 1.82) is 0 Å². The van der Waals surface area contributed by atoms with Crippen LogP contribution in [0.2, 0.25) is 0 Å². The third-order valence-corrected chi connectivity index (χ3v) is 6.32. The van der Waals surface area contributed by atoms with Gasteiger partial charge in [0.15, 0.2) is 5.96 Å². The number of aromatic nitrogens is 1. The fourth-order valence-corrected chi connectivity index (χ4v) is 4.27. The molecule has 2 saturated carbocycles. The summed E-state index contributed by atoms with van der Waals surface area (Å²) in [6.45, 7) is 2.97. The molecule has 0 aliphatic heterocycles. The van der Waals surface area contributed by atoms with Crippen LogP contribution in [0.25, 0.3) is 0 Å². The monoisotopic (exact) mass is 505 g/mol. The Bertz CT molecular complexity index is 631. The average molecular weight is 505 g/mol. The van der Waals surface area contributed by atoms with E-state index >= 15 is 0 Å². The molecular formula is C19H32IN5OS. The van der Waals surface area contributed by atoms with Gasteiger partial charge in [0, 0.05) is 49.1 Å². The second-order valence-corrected chi connectivity index (χ2v) is 8.51. The molecular weight excluding hydrogens is 473 g/mol. The molecule has 1 heterocycles. The third kappa shape index (κ3) is 7.21. The summed E-state index contributed by atoms with van der Waals surface area (Å²) in [5.74, 6) is 1.21. The highest BCUT2D eigenvalue weighted by atomic mass is 127. The van der Waals surface area contributed by atoms with E-state index in [1.165, 1.54) is 9.88 Å². The van der Waals surface area contributed by atoms with Gasteiger partial charge in [0.25, 0.3) is 0 Å². The van der Waals surface area contributed by atoms with E-state index in [-0.39, 0.29) is 35.8 Å². The average Bonchev–Trinajstić information content (AvgIpc) is 3.35. The molecule has 6 nitrogen and oxygen atoms in total. The van der Waals surface area contributed by atoms with Gasteiger partial charge >= 0.3 is 0 Å². The number of halogens is 1. The lowest BCUT2D eigenvalue weighted by atomic mass is 9.85. The largest absolute Gasteiger partial charge is 0.356 e. The van der Waals surface area contributed by atoms with Crippen LogP contribution >= 0.6 is 35.3 Å². The normalized spacial score (nSPS) is 22.7. The highest BCUT2D eigenvalue weighted by Crippen LogP contribution is 2.26. The zero-order valence-electron chi connectivity index (χ0n) is 16.3. The Morgan fingerprint density at radius 2 is 2.07 bits per heavy atom. The quantitative estimate of drug-likeness (QED) is 0.303. The molecule has 2 fully saturated rings. The van der Waals surface area contributed by atoms with Gasteiger partial charge in [-0.05, 0) is 38.5 Å². The zero-order valence-corrected chi connectivity index (χ0v) is 19.4. The first kappa shape index (κ1) is 22.4. The van der Waals surface area contributed by atoms with Crippen molar-refractivity contribution < 1.29 is 4.79 Å². The molecule has 1 aromatic rings. The summed E-state index contributed by atoms with van der Waals surface area (Å²) in [5, 5.41) is 11.2. The van der Waals surface area contributed by atoms with E-state index in [2.05, 4.69) is 32.9 Å². The summed E-state index contributed by atoms with van der Waals surface area (Å²) >= 11 is 1.79. The molecule has 2 aliphatic carbocycles. The van der Waals surface area contributed by atoms with Crippen molar-refractivity contribution in [2.24, 2.45) is 10.9 Å². The van der Waals surface area contributed by atoms with Gasteiger partial charge in [0.1, 0.15) is 0 Å². The summed E-state index contributed by atoms with van der Waals surface area (Å²) in [6.07, 6.45) is 10.3. The molecule has 2 aliphatic rings. The Hall–Kier alpha value is -0.900. The number of carbonyl (C=O) groups is 1. The van der Waals surface area contributed by atoms with Crippen molar-refractivity contribution >= 4 is 47.2 Å². The topological polar surface area (TPSA) is 78.4 Å². The van der Waals surface area contributed by atoms with Crippen molar-refractivity contribution in [1.82, 2.24) is 20.9 Å². The number of hydrogen-bond donors (Lipinski definition) is 3. The van der Waals surface area contributed by atoms with Gasteiger partial charge in [-0.15, -0.1) is 35.3 Å². The first-order chi connectivity index (χ1) is 12.7. The van der Waals surface area contributed by atoms with E-state index in [1.54, 1.807) is 18.4 Å². The first-order valence-corrected chi connectivity index (χ1v) is 10.7. The molecule has 2 unspecified atom stereocenters. The van der Waals surface area contributed by atoms with Crippen LogP contribution in [-0.2, 0) is 17.6 Å². The van der Waals surface area contributed by atoms with Crippen molar-refractivity contribution in [3.05, 3.63) is 16.1 Å². The predicted octanol–water partition coefficient (Wildman–Crippen LogP) is 2.87. The predicted molar refractivity (Wildman–Crippen MR) is 122 cm³/mol. The fourth-order valence-electron chi connectivity index (χ4n) is 3.41. The van der Waals surface area contributed by atoms with Gasteiger partial charge in [-0.3, -0.25) is 9.79 Å². The number of rotatable bonds is 7. The Kier molecular flexibility index (Phi) is 9.28. The molecule has 0 aromatic carbocycles. The number of aliphatic imine (C=N–C) groups is 1. The number of amides is 1. The molecule has 3 rings (SSSR count). The van der Waals surface area contributed by atoms with Crippen LogP contribution in [0.15, 0.2) is 11.2 Å². The maximum absolute atomic E-state index is 12.3. The molecule has 0 bridgehead atoms. The minimum absolute atomic E-state index is 0. The minimum atomic E-state index is 0. The summed E-state index contributed by atoms with van der Waals surface area (Å²) < 4.78 is 0. The molecule has 3 N–H and O–H groups in total. The number of thiazole rings is 1. The summed E-state index contributed by atoms with van der Waals surface area (Å²) in [7, 11) is 1.80. The van der Waals surface area contributed by atoms with Crippen molar-refractivity contribution in [2.75, 3.05) is 13.6 Å². The number of aryl methyl sites for hydroxylation is 1. The van der Waals surface area contributed by atoms with Crippen molar-refractivity contribution in [3.8, 4) is 0 Å². The molecule has 2 atom stereocenters. The van der Waals surface area contributed by atoms with Gasteiger partial charge in [-0.2, -0.15) is 0 Å². The third-order valence-electron chi connectivity index (χ3n) is 5.11. The van der Waals surface area contributed by atoms with Crippen LogP contribution in [0.1, 0.15) is 55.3 Å². The zero-order chi connectivity index (χ0) is 18.4. The Balaban J connectivity index is 0.00000261. The molecule has 0 radical (unpaired) electrons. The first-order valence-electron chi connectivity index (χ1n) is 9.89. The van der Waals surface area contributed by atoms with Crippen LogP contribution in [0, 0.1) is 5.92 Å². The number of nitrogens with one attached hydrogen (secondary N) is 3. The van der Waals surface area contributed by atoms with Crippen molar-refractivity contribution in [2.45, 2.75) is 70.4 Å². The number of hydrogen-bond acceptors (Lipinski definition) is 4. The Morgan fingerprint density at radius 1 is 1.26 bits per heavy atom. The Morgan fingerprint density at radius 3 is 2.74 bits per heavy atom. The van der Waals surface area contributed by atoms with Crippen LogP contribution < -0.4 is 16.0 Å². The fraction of sp³-hybridized carbons (Fsp3) is 0.737. The molecule has 152 valence electrons. The Labute approximate surface area is 183 Å². The summed E-state index contributed by atoms with van der Waals surface area (Å²) in [6, 6.07) is 0.765. The molecule has 0 saturated heterocycles. The highest BCUT2D eigenvalue weighted by molar-refractivity contribution is 14.0. The molecule has 27 heavy (non-hydrogen) atoms. The van der Waals surface area contributed by atoms with Crippen LogP contribution in [-0.4, -0.2) is 42.5 Å². The van der Waals surface area contributed by atoms with E-state index in [4.69, 9.17) is 0 Å². The second kappa shape index (κ2) is 11.2. The van der Waals surface area contributed by atoms with Crippen molar-refractivity contribution in [3.63, 3.8) is 0 Å². The lowest BCUT2D eigenvalue weighted by Gasteiger charge is -2.30. The van der Waals surface area contributed by atoms with Crippen LogP contribution in [0.3, 0.4) is 0 Å². The lowest BCUT2D eigenvalue weighted by Crippen LogP contribution is -2.47. The summed E-state index contributed by atoms with van der Waals surface area (Å²) in [4.78, 5) is 22.4. The SMILES string of the molecule is CCc1cnc(CCNC(=NC)NC2CCCC(C(=O)NC3CC3)C2)s1.I. The van der Waals surface area contributed by atoms with E-state index < -0.39 is 0 Å². The van der Waals surface area contributed by atoms with E-state index in [1.807, 2.05) is 6.20 Å². The van der Waals surface area contributed by atoms with Gasteiger partial charge in [-0.25, -0.2) is 4.98 Å². The molecule has 8 heteroatoms. The van der Waals surface area contributed by atoms with Gasteiger partial charge in [0.05, 0.1) is 5.01 Å². The van der Waals surface area contributed by atoms with Gasteiger partial charge < -0.3 is 16.0 Å². The number of carbonyl (C=O) groups excluding carboxylic acids is 1. The standard InChI is InChI=1S/C19H31N5OS.HI/c1-3-16-12-22-17(26-16)9-10-21-19(20-2)24-15-6-4-5-13(11-15)18(25)23-14-7-8-14;/h12-15H,3-11H2,1-2H3,(H,23,25)(H2,20,21,24);1H. The summed E-state index contributed by atoms with van der Waals surface area (Å²) in [5.41, 5.74) is 0. The van der Waals surface area contributed by atoms with E-state index in [0.29, 0.717) is 12.1 Å². The van der Waals surface area contributed by atoms with E-state index in [9.17, 15) is 4.79 Å². The highest BCUT2D eigenvalue weighted by Gasteiger charge is 2.31. The second-order valence-electron chi connectivity index (χ2n) is 7.31. The smallest absolute Gasteiger partial charge is 0.223 e. The molecule has 1 aromatic heterocycles. The van der Waals surface area contributed by atoms with Crippen LogP contribution in [0.4, 0.5) is 0 Å². The van der Waals surface area contributed by atoms with Gasteiger partial charge in [0.2, 0.25) is 5.91 Å². The van der Waals surface area contributed by atoms with Crippen LogP contribution in [0.5, 0.6) is 0 Å². The lowest BCUT2D eigenvalue weighted by molar-refractivity contribution is -0.126.